The molecule has 2 amide bonds. The molecule has 31 heavy (non-hydrogen) atoms. The molecular formula is C23H38N4O4. The molecule has 1 saturated heterocycles. The third-order valence-electron chi connectivity index (χ3n) is 5.09. The van der Waals surface area contributed by atoms with Gasteiger partial charge in [-0.2, -0.15) is 4.90 Å². The Morgan fingerprint density at radius 1 is 1.03 bits per heavy atom. The predicted octanol–water partition coefficient (Wildman–Crippen LogP) is 4.44. The molecule has 0 aliphatic carbocycles. The van der Waals surface area contributed by atoms with Gasteiger partial charge in [0.2, 0.25) is 0 Å². The first kappa shape index (κ1) is 24.9. The highest BCUT2D eigenvalue weighted by atomic mass is 16.6. The minimum absolute atomic E-state index is 0.355. The van der Waals surface area contributed by atoms with E-state index in [-0.39, 0.29) is 0 Å². The number of piperidine rings is 1. The van der Waals surface area contributed by atoms with Crippen LogP contribution in [0.5, 0.6) is 0 Å². The summed E-state index contributed by atoms with van der Waals surface area (Å²) in [5, 5.41) is 3.40. The number of rotatable bonds is 3. The van der Waals surface area contributed by atoms with Gasteiger partial charge in [-0.05, 0) is 66.5 Å². The van der Waals surface area contributed by atoms with Gasteiger partial charge >= 0.3 is 12.2 Å². The molecule has 1 aromatic heterocycles. The van der Waals surface area contributed by atoms with Crippen LogP contribution in [0.4, 0.5) is 21.0 Å². The van der Waals surface area contributed by atoms with E-state index in [4.69, 9.17) is 9.47 Å². The monoisotopic (exact) mass is 434 g/mol. The molecule has 174 valence electrons. The molecule has 0 radical (unpaired) electrons. The molecule has 1 fully saturated rings. The molecule has 1 aliphatic rings. The number of imide groups is 1. The smallest absolute Gasteiger partial charge is 0.424 e. The van der Waals surface area contributed by atoms with Crippen LogP contribution >= 0.6 is 0 Å². The molecule has 8 heteroatoms. The molecule has 1 N–H and O–H groups in total. The predicted molar refractivity (Wildman–Crippen MR) is 123 cm³/mol. The topological polar surface area (TPSA) is 84.0 Å². The van der Waals surface area contributed by atoms with E-state index >= 15 is 0 Å². The number of pyridine rings is 1. The summed E-state index contributed by atoms with van der Waals surface area (Å²) in [5.74, 6) is 0.762. The van der Waals surface area contributed by atoms with Crippen molar-refractivity contribution in [1.82, 2.24) is 10.3 Å². The van der Waals surface area contributed by atoms with Gasteiger partial charge in [-0.25, -0.2) is 9.59 Å². The fourth-order valence-electron chi connectivity index (χ4n) is 4.03. The van der Waals surface area contributed by atoms with Gasteiger partial charge < -0.3 is 19.7 Å². The van der Waals surface area contributed by atoms with E-state index < -0.39 is 23.4 Å². The van der Waals surface area contributed by atoms with Crippen LogP contribution in [0.25, 0.3) is 0 Å². The quantitative estimate of drug-likeness (QED) is 0.753. The zero-order valence-electron chi connectivity index (χ0n) is 20.4. The fourth-order valence-corrected chi connectivity index (χ4v) is 4.03. The van der Waals surface area contributed by atoms with Crippen LogP contribution < -0.4 is 15.1 Å². The van der Waals surface area contributed by atoms with E-state index in [1.165, 1.54) is 6.20 Å². The molecule has 0 aromatic carbocycles. The Bertz CT molecular complexity index is 745. The highest BCUT2D eigenvalue weighted by Gasteiger charge is 2.37. The average molecular weight is 435 g/mol. The largest absolute Gasteiger partial charge is 0.443 e. The maximum absolute atomic E-state index is 13.1. The molecule has 1 aliphatic heterocycles. The van der Waals surface area contributed by atoms with E-state index in [2.05, 4.69) is 29.0 Å². The standard InChI is InChI=1S/C23H38N4O4/c1-15-13-26(14-16(2)19(15)24-9)17-10-11-25-12-18(17)27(20(28)30-22(3,4)5)21(29)31-23(6,7)8/h10-12,15-16,19,24H,13-14H2,1-9H3/t15-,16+,19-. The second-order valence-corrected chi connectivity index (χ2v) is 10.3. The van der Waals surface area contributed by atoms with E-state index in [9.17, 15) is 9.59 Å². The third-order valence-corrected chi connectivity index (χ3v) is 5.09. The summed E-state index contributed by atoms with van der Waals surface area (Å²) in [5.41, 5.74) is -0.435. The van der Waals surface area contributed by atoms with Crippen LogP contribution in [-0.2, 0) is 9.47 Å². The van der Waals surface area contributed by atoms with Gasteiger partial charge in [0.15, 0.2) is 0 Å². The van der Waals surface area contributed by atoms with Crippen LogP contribution in [0.2, 0.25) is 0 Å². The number of aromatic nitrogens is 1. The maximum atomic E-state index is 13.1. The van der Waals surface area contributed by atoms with Gasteiger partial charge in [-0.1, -0.05) is 13.8 Å². The van der Waals surface area contributed by atoms with Gasteiger partial charge in [-0.15, -0.1) is 0 Å². The van der Waals surface area contributed by atoms with E-state index in [1.54, 1.807) is 47.7 Å². The van der Waals surface area contributed by atoms with Crippen molar-refractivity contribution in [1.29, 1.82) is 0 Å². The summed E-state index contributed by atoms with van der Waals surface area (Å²) in [7, 11) is 1.98. The van der Waals surface area contributed by atoms with Crippen molar-refractivity contribution in [2.24, 2.45) is 11.8 Å². The fraction of sp³-hybridized carbons (Fsp3) is 0.696. The van der Waals surface area contributed by atoms with Crippen molar-refractivity contribution < 1.29 is 19.1 Å². The molecule has 3 atom stereocenters. The summed E-state index contributed by atoms with van der Waals surface area (Å²) in [6.07, 6.45) is 1.60. The Balaban J connectivity index is 2.47. The Labute approximate surface area is 186 Å². The van der Waals surface area contributed by atoms with Crippen LogP contribution in [0, 0.1) is 11.8 Å². The van der Waals surface area contributed by atoms with Crippen molar-refractivity contribution >= 4 is 23.6 Å². The lowest BCUT2D eigenvalue weighted by Crippen LogP contribution is -2.53. The zero-order valence-corrected chi connectivity index (χ0v) is 20.4. The summed E-state index contributed by atoms with van der Waals surface area (Å²) >= 11 is 0. The third kappa shape index (κ3) is 6.56. The lowest BCUT2D eigenvalue weighted by molar-refractivity contribution is 0.0430. The number of hydrogen-bond donors (Lipinski definition) is 1. The first-order chi connectivity index (χ1) is 14.2. The van der Waals surface area contributed by atoms with E-state index in [0.29, 0.717) is 23.6 Å². The van der Waals surface area contributed by atoms with Crippen LogP contribution in [0.15, 0.2) is 18.5 Å². The molecule has 2 rings (SSSR count). The molecule has 8 nitrogen and oxygen atoms in total. The molecule has 0 bridgehead atoms. The number of carbonyl (C=O) groups excluding carboxylic acids is 2. The van der Waals surface area contributed by atoms with Crippen molar-refractivity contribution in [2.45, 2.75) is 72.6 Å². The minimum Gasteiger partial charge on any atom is -0.443 e. The summed E-state index contributed by atoms with van der Waals surface area (Å²) in [6.45, 7) is 16.5. The van der Waals surface area contributed by atoms with E-state index in [0.717, 1.165) is 23.7 Å². The number of nitrogens with one attached hydrogen (secondary N) is 1. The first-order valence-corrected chi connectivity index (χ1v) is 10.9. The maximum Gasteiger partial charge on any atom is 0.424 e. The highest BCUT2D eigenvalue weighted by Crippen LogP contribution is 2.35. The van der Waals surface area contributed by atoms with Gasteiger partial charge in [0.25, 0.3) is 0 Å². The molecule has 1 aromatic rings. The lowest BCUT2D eigenvalue weighted by Gasteiger charge is -2.43. The molecule has 0 unspecified atom stereocenters. The Morgan fingerprint density at radius 2 is 1.52 bits per heavy atom. The molecule has 0 saturated carbocycles. The Morgan fingerprint density at radius 3 is 1.94 bits per heavy atom. The van der Waals surface area contributed by atoms with E-state index in [1.807, 2.05) is 13.1 Å². The van der Waals surface area contributed by atoms with Crippen molar-refractivity contribution in [3.8, 4) is 0 Å². The number of anilines is 2. The second kappa shape index (κ2) is 9.42. The minimum atomic E-state index is -0.790. The number of amides is 2. The van der Waals surface area contributed by atoms with Crippen molar-refractivity contribution in [3.05, 3.63) is 18.5 Å². The number of carbonyl (C=O) groups is 2. The highest BCUT2D eigenvalue weighted by molar-refractivity contribution is 6.11. The van der Waals surface area contributed by atoms with Gasteiger partial charge in [0.05, 0.1) is 11.9 Å². The number of hydrogen-bond acceptors (Lipinski definition) is 7. The Hall–Kier alpha value is -2.35. The van der Waals surface area contributed by atoms with Crippen molar-refractivity contribution in [2.75, 3.05) is 29.9 Å². The second-order valence-electron chi connectivity index (χ2n) is 10.3. The van der Waals surface area contributed by atoms with Crippen LogP contribution in [-0.4, -0.2) is 54.6 Å². The SMILES string of the molecule is CN[C@@H]1[C@H](C)CN(c2ccncc2N(C(=O)OC(C)(C)C)C(=O)OC(C)(C)C)C[C@@H]1C. The van der Waals surface area contributed by atoms with Crippen LogP contribution in [0.3, 0.4) is 0 Å². The van der Waals surface area contributed by atoms with Gasteiger partial charge in [-0.3, -0.25) is 4.98 Å². The molecule has 0 spiro atoms. The van der Waals surface area contributed by atoms with Crippen LogP contribution in [0.1, 0.15) is 55.4 Å². The van der Waals surface area contributed by atoms with Gasteiger partial charge in [0, 0.05) is 25.3 Å². The Kier molecular flexibility index (Phi) is 7.57. The normalized spacial score (nSPS) is 22.1. The van der Waals surface area contributed by atoms with Gasteiger partial charge in [0.1, 0.15) is 16.9 Å². The zero-order chi connectivity index (χ0) is 23.6. The molecule has 2 heterocycles. The number of nitrogens with zero attached hydrogens (tertiary/aromatic N) is 3. The first-order valence-electron chi connectivity index (χ1n) is 10.9. The lowest BCUT2D eigenvalue weighted by atomic mass is 9.85. The average Bonchev–Trinajstić information content (AvgIpc) is 2.59. The number of ether oxygens (including phenoxy) is 2. The summed E-state index contributed by atoms with van der Waals surface area (Å²) in [6, 6.07) is 2.23. The summed E-state index contributed by atoms with van der Waals surface area (Å²) in [4.78, 5) is 33.5. The van der Waals surface area contributed by atoms with Crippen molar-refractivity contribution in [3.63, 3.8) is 0 Å². The summed E-state index contributed by atoms with van der Waals surface area (Å²) < 4.78 is 11.1. The molecular weight excluding hydrogens is 396 g/mol.